The van der Waals surface area contributed by atoms with Crippen molar-refractivity contribution in [2.75, 3.05) is 37.6 Å². The van der Waals surface area contributed by atoms with E-state index in [-0.39, 0.29) is 0 Å². The first-order chi connectivity index (χ1) is 12.6. The molecule has 0 bridgehead atoms. The van der Waals surface area contributed by atoms with E-state index in [0.717, 1.165) is 32.5 Å². The summed E-state index contributed by atoms with van der Waals surface area (Å²) in [4.78, 5) is 19.9. The first-order valence-corrected chi connectivity index (χ1v) is 8.91. The van der Waals surface area contributed by atoms with Gasteiger partial charge < -0.3 is 20.3 Å². The zero-order valence-electron chi connectivity index (χ0n) is 15.0. The second kappa shape index (κ2) is 8.29. The molecule has 3 rings (SSSR count). The lowest BCUT2D eigenvalue weighted by atomic mass is 9.95. The summed E-state index contributed by atoms with van der Waals surface area (Å²) in [6, 6.07) is 7.25. The summed E-state index contributed by atoms with van der Waals surface area (Å²) < 4.78 is 5.25. The number of anilines is 1. The molecule has 1 amide bonds. The van der Waals surface area contributed by atoms with Crippen LogP contribution in [0.5, 0.6) is 0 Å². The second-order valence-electron chi connectivity index (χ2n) is 6.63. The van der Waals surface area contributed by atoms with Crippen LogP contribution in [0.3, 0.4) is 0 Å². The number of benzene rings is 1. The number of aryl methyl sites for hydroxylation is 1. The number of piperidine rings is 1. The van der Waals surface area contributed by atoms with Gasteiger partial charge in [-0.1, -0.05) is 17.3 Å². The molecule has 0 unspecified atom stereocenters. The Hall–Kier alpha value is -2.45. The maximum atomic E-state index is 12.0. The zero-order chi connectivity index (χ0) is 18.5. The summed E-state index contributed by atoms with van der Waals surface area (Å²) in [7, 11) is 0. The largest absolute Gasteiger partial charge is 0.465 e. The van der Waals surface area contributed by atoms with E-state index in [2.05, 4.69) is 15.0 Å². The van der Waals surface area contributed by atoms with Crippen molar-refractivity contribution in [3.05, 3.63) is 30.1 Å². The molecule has 8 nitrogen and oxygen atoms in total. The molecule has 8 heteroatoms. The lowest BCUT2D eigenvalue weighted by Gasteiger charge is -2.34. The fraction of sp³-hybridized carbons (Fsp3) is 0.500. The molecular weight excluding hydrogens is 334 g/mol. The number of carboxylic acid groups (broad SMARTS) is 1. The Morgan fingerprint density at radius 3 is 2.73 bits per heavy atom. The van der Waals surface area contributed by atoms with Crippen LogP contribution in [0.15, 0.2) is 28.8 Å². The number of carbonyl (C=O) groups is 1. The van der Waals surface area contributed by atoms with Gasteiger partial charge in [-0.2, -0.15) is 4.98 Å². The molecule has 0 saturated carbocycles. The molecule has 1 aliphatic rings. The van der Waals surface area contributed by atoms with Gasteiger partial charge in [0.2, 0.25) is 0 Å². The molecule has 0 aliphatic carbocycles. The van der Waals surface area contributed by atoms with Crippen LogP contribution in [0.25, 0.3) is 11.5 Å². The zero-order valence-corrected chi connectivity index (χ0v) is 15.0. The van der Waals surface area contributed by atoms with Gasteiger partial charge in [0.1, 0.15) is 0 Å². The third-order valence-corrected chi connectivity index (χ3v) is 4.78. The summed E-state index contributed by atoms with van der Waals surface area (Å²) in [5.74, 6) is 1.17. The molecule has 1 aromatic heterocycles. The highest BCUT2D eigenvalue weighted by atomic mass is 16.5. The molecule has 2 aromatic rings. The third kappa shape index (κ3) is 4.20. The number of nitrogens with zero attached hydrogens (tertiary/aromatic N) is 4. The van der Waals surface area contributed by atoms with Crippen LogP contribution in [0.4, 0.5) is 10.5 Å². The van der Waals surface area contributed by atoms with Crippen LogP contribution >= 0.6 is 0 Å². The lowest BCUT2D eigenvalue weighted by molar-refractivity contribution is 0.181. The molecule has 0 atom stereocenters. The summed E-state index contributed by atoms with van der Waals surface area (Å²) >= 11 is 0. The molecule has 0 spiro atoms. The highest BCUT2D eigenvalue weighted by molar-refractivity contribution is 5.91. The molecule has 2 heterocycles. The average molecular weight is 359 g/mol. The Kier molecular flexibility index (Phi) is 5.85. The fourth-order valence-electron chi connectivity index (χ4n) is 3.41. The van der Waals surface area contributed by atoms with E-state index in [1.54, 1.807) is 13.0 Å². The number of likely N-dealkylation sites (tertiary alicyclic amines) is 1. The number of hydrogen-bond acceptors (Lipinski definition) is 6. The first-order valence-electron chi connectivity index (χ1n) is 8.91. The highest BCUT2D eigenvalue weighted by Gasteiger charge is 2.26. The molecule has 1 aromatic carbocycles. The smallest absolute Gasteiger partial charge is 0.411 e. The Bertz CT molecular complexity index is 740. The van der Waals surface area contributed by atoms with Gasteiger partial charge in [0.25, 0.3) is 5.89 Å². The van der Waals surface area contributed by atoms with Crippen LogP contribution < -0.4 is 10.6 Å². The maximum absolute atomic E-state index is 12.0. The molecular formula is C18H25N5O3. The number of para-hydroxylation sites is 1. The predicted octanol–water partition coefficient (Wildman–Crippen LogP) is 2.20. The normalized spacial score (nSPS) is 15.9. The number of amides is 1. The van der Waals surface area contributed by atoms with Crippen LogP contribution in [-0.4, -0.2) is 59.0 Å². The van der Waals surface area contributed by atoms with Crippen molar-refractivity contribution in [3.8, 4) is 11.5 Å². The number of nitrogens with two attached hydrogens (primary N) is 1. The van der Waals surface area contributed by atoms with Gasteiger partial charge in [-0.3, -0.25) is 4.90 Å². The summed E-state index contributed by atoms with van der Waals surface area (Å²) in [5, 5.41) is 13.6. The fourth-order valence-corrected chi connectivity index (χ4v) is 3.41. The minimum absolute atomic E-state index is 0.317. The molecule has 1 fully saturated rings. The van der Waals surface area contributed by atoms with Crippen LogP contribution in [0, 0.1) is 12.8 Å². The summed E-state index contributed by atoms with van der Waals surface area (Å²) in [5.41, 5.74) is 6.83. The number of aromatic nitrogens is 2. The number of hydrogen-bond donors (Lipinski definition) is 2. The van der Waals surface area contributed by atoms with E-state index in [1.807, 2.05) is 18.2 Å². The van der Waals surface area contributed by atoms with Crippen molar-refractivity contribution in [1.82, 2.24) is 15.0 Å². The molecule has 1 aliphatic heterocycles. The molecule has 3 N–H and O–H groups in total. The Balaban J connectivity index is 1.78. The lowest BCUT2D eigenvalue weighted by Crippen LogP contribution is -2.42. The minimum atomic E-state index is -0.974. The van der Waals surface area contributed by atoms with Crippen molar-refractivity contribution in [2.45, 2.75) is 19.8 Å². The van der Waals surface area contributed by atoms with Crippen LogP contribution in [0.2, 0.25) is 0 Å². The molecule has 140 valence electrons. The maximum Gasteiger partial charge on any atom is 0.411 e. The van der Waals surface area contributed by atoms with Gasteiger partial charge in [0, 0.05) is 19.6 Å². The Labute approximate surface area is 152 Å². The highest BCUT2D eigenvalue weighted by Crippen LogP contribution is 2.31. The second-order valence-corrected chi connectivity index (χ2v) is 6.63. The molecule has 26 heavy (non-hydrogen) atoms. The first kappa shape index (κ1) is 18.3. The van der Waals surface area contributed by atoms with Gasteiger partial charge in [0.05, 0.1) is 11.3 Å². The van der Waals surface area contributed by atoms with Crippen molar-refractivity contribution < 1.29 is 14.4 Å². The monoisotopic (exact) mass is 359 g/mol. The summed E-state index contributed by atoms with van der Waals surface area (Å²) in [6.07, 6.45) is 0.954. The van der Waals surface area contributed by atoms with Crippen molar-refractivity contribution in [3.63, 3.8) is 0 Å². The van der Waals surface area contributed by atoms with E-state index in [9.17, 15) is 9.90 Å². The quantitative estimate of drug-likeness (QED) is 0.814. The van der Waals surface area contributed by atoms with Gasteiger partial charge in [-0.15, -0.1) is 0 Å². The van der Waals surface area contributed by atoms with E-state index < -0.39 is 6.09 Å². The van der Waals surface area contributed by atoms with E-state index in [0.29, 0.717) is 42.0 Å². The predicted molar refractivity (Wildman–Crippen MR) is 98.1 cm³/mol. The van der Waals surface area contributed by atoms with Crippen LogP contribution in [0.1, 0.15) is 18.7 Å². The Morgan fingerprint density at radius 1 is 1.38 bits per heavy atom. The third-order valence-electron chi connectivity index (χ3n) is 4.78. The Morgan fingerprint density at radius 2 is 2.12 bits per heavy atom. The standard InChI is InChI=1S/C18H25N5O3/c1-13-20-17(26-21-13)15-4-2-3-5-16(15)23(18(24)25)12-14-6-9-22(10-7-14)11-8-19/h2-5,14H,6-12,19H2,1H3,(H,24,25). The molecule has 0 radical (unpaired) electrons. The number of rotatable bonds is 6. The van der Waals surface area contributed by atoms with E-state index >= 15 is 0 Å². The van der Waals surface area contributed by atoms with Crippen molar-refractivity contribution in [2.24, 2.45) is 11.7 Å². The van der Waals surface area contributed by atoms with E-state index in [4.69, 9.17) is 10.3 Å². The van der Waals surface area contributed by atoms with Crippen molar-refractivity contribution >= 4 is 11.8 Å². The van der Waals surface area contributed by atoms with Gasteiger partial charge in [-0.25, -0.2) is 4.79 Å². The molecule has 1 saturated heterocycles. The average Bonchev–Trinajstić information content (AvgIpc) is 3.07. The van der Waals surface area contributed by atoms with Crippen molar-refractivity contribution in [1.29, 1.82) is 0 Å². The topological polar surface area (TPSA) is 109 Å². The van der Waals surface area contributed by atoms with Gasteiger partial charge >= 0.3 is 6.09 Å². The van der Waals surface area contributed by atoms with Crippen LogP contribution in [-0.2, 0) is 0 Å². The van der Waals surface area contributed by atoms with Gasteiger partial charge in [0.15, 0.2) is 5.82 Å². The van der Waals surface area contributed by atoms with Gasteiger partial charge in [-0.05, 0) is 50.9 Å². The summed E-state index contributed by atoms with van der Waals surface area (Å²) in [6.45, 7) is 5.66. The SMILES string of the molecule is Cc1noc(-c2ccccc2N(CC2CCN(CCN)CC2)C(=O)O)n1. The van der Waals surface area contributed by atoms with E-state index in [1.165, 1.54) is 4.90 Å². The minimum Gasteiger partial charge on any atom is -0.465 e.